The number of hydrogen-bond donors (Lipinski definition) is 1. The fraction of sp³-hybridized carbons (Fsp3) is 0.182. The molecule has 0 amide bonds. The van der Waals surface area contributed by atoms with Gasteiger partial charge in [-0.2, -0.15) is 0 Å². The van der Waals surface area contributed by atoms with E-state index in [0.29, 0.717) is 5.56 Å². The molecule has 0 unspecified atom stereocenters. The lowest BCUT2D eigenvalue weighted by molar-refractivity contribution is 0.288. The molecule has 1 N–H and O–H groups in total. The summed E-state index contributed by atoms with van der Waals surface area (Å²) in [5.74, 6) is 0.199. The fourth-order valence-corrected chi connectivity index (χ4v) is 1.59. The number of benzene rings is 1. The number of rotatable bonds is 1. The van der Waals surface area contributed by atoms with Gasteiger partial charge in [0.15, 0.2) is 0 Å². The van der Waals surface area contributed by atoms with Crippen LogP contribution in [0.15, 0.2) is 33.6 Å². The molecule has 78 valence electrons. The van der Waals surface area contributed by atoms with Crippen LogP contribution >= 0.6 is 0 Å². The number of phenols is 1. The molecule has 2 aromatic rings. The van der Waals surface area contributed by atoms with Crippen LogP contribution in [0.4, 0.5) is 0 Å². The molecule has 1 aromatic carbocycles. The maximum Gasteiger partial charge on any atom is 0.361 e. The van der Waals surface area contributed by atoms with Crippen molar-refractivity contribution >= 4 is 0 Å². The van der Waals surface area contributed by atoms with Crippen molar-refractivity contribution in [1.29, 1.82) is 0 Å². The van der Waals surface area contributed by atoms with Gasteiger partial charge >= 0.3 is 5.63 Å². The first-order valence-corrected chi connectivity index (χ1v) is 4.56. The Kier molecular flexibility index (Phi) is 2.11. The zero-order valence-electron chi connectivity index (χ0n) is 8.52. The predicted octanol–water partition coefficient (Wildman–Crippen LogP) is 1.66. The third kappa shape index (κ3) is 1.54. The van der Waals surface area contributed by atoms with Gasteiger partial charge in [-0.05, 0) is 31.2 Å². The van der Waals surface area contributed by atoms with Gasteiger partial charge in [-0.15, -0.1) is 0 Å². The van der Waals surface area contributed by atoms with Crippen molar-refractivity contribution in [3.8, 4) is 17.0 Å². The highest BCUT2D eigenvalue weighted by Crippen LogP contribution is 2.23. The molecule has 0 spiro atoms. The molecular formula is C11H11NO3. The average molecular weight is 205 g/mol. The summed E-state index contributed by atoms with van der Waals surface area (Å²) in [6, 6.07) is 6.64. The molecule has 0 aliphatic carbocycles. The molecule has 0 fully saturated rings. The van der Waals surface area contributed by atoms with E-state index in [2.05, 4.69) is 0 Å². The lowest BCUT2D eigenvalue weighted by Crippen LogP contribution is -1.95. The van der Waals surface area contributed by atoms with Gasteiger partial charge in [0.2, 0.25) is 0 Å². The molecule has 4 heteroatoms. The Bertz CT molecular complexity index is 534. The van der Waals surface area contributed by atoms with E-state index >= 15 is 0 Å². The van der Waals surface area contributed by atoms with E-state index in [1.165, 1.54) is 4.74 Å². The van der Waals surface area contributed by atoms with Gasteiger partial charge < -0.3 is 9.63 Å². The zero-order chi connectivity index (χ0) is 11.0. The topological polar surface area (TPSA) is 55.4 Å². The van der Waals surface area contributed by atoms with Crippen molar-refractivity contribution in [2.24, 2.45) is 7.05 Å². The van der Waals surface area contributed by atoms with Crippen molar-refractivity contribution in [2.75, 3.05) is 0 Å². The molecule has 0 aliphatic rings. The molecule has 0 radical (unpaired) electrons. The minimum atomic E-state index is -0.333. The van der Waals surface area contributed by atoms with Gasteiger partial charge in [0.25, 0.3) is 0 Å². The predicted molar refractivity (Wildman–Crippen MR) is 55.8 cm³/mol. The van der Waals surface area contributed by atoms with Gasteiger partial charge in [0.1, 0.15) is 5.75 Å². The summed E-state index contributed by atoms with van der Waals surface area (Å²) in [5.41, 5.74) is 1.82. The largest absolute Gasteiger partial charge is 0.508 e. The first-order chi connectivity index (χ1) is 7.09. The van der Waals surface area contributed by atoms with Crippen LogP contribution in [-0.2, 0) is 7.05 Å². The average Bonchev–Trinajstić information content (AvgIpc) is 2.44. The number of aromatic hydroxyl groups is 1. The highest BCUT2D eigenvalue weighted by atomic mass is 16.5. The van der Waals surface area contributed by atoms with E-state index in [0.717, 1.165) is 11.3 Å². The highest BCUT2D eigenvalue weighted by molar-refractivity contribution is 5.63. The van der Waals surface area contributed by atoms with Gasteiger partial charge in [-0.3, -0.25) is 0 Å². The van der Waals surface area contributed by atoms with Crippen molar-refractivity contribution in [2.45, 2.75) is 6.92 Å². The van der Waals surface area contributed by atoms with Crippen LogP contribution in [0.1, 0.15) is 5.56 Å². The second kappa shape index (κ2) is 3.31. The molecule has 0 saturated carbocycles. The van der Waals surface area contributed by atoms with E-state index in [9.17, 15) is 4.79 Å². The Morgan fingerprint density at radius 2 is 1.87 bits per heavy atom. The van der Waals surface area contributed by atoms with Crippen molar-refractivity contribution in [3.63, 3.8) is 0 Å². The minimum absolute atomic E-state index is 0.199. The summed E-state index contributed by atoms with van der Waals surface area (Å²) >= 11 is 0. The molecule has 4 nitrogen and oxygen atoms in total. The zero-order valence-corrected chi connectivity index (χ0v) is 8.52. The van der Waals surface area contributed by atoms with Crippen LogP contribution in [-0.4, -0.2) is 9.85 Å². The molecule has 0 aliphatic heterocycles. The Morgan fingerprint density at radius 3 is 2.33 bits per heavy atom. The molecule has 2 rings (SSSR count). The van der Waals surface area contributed by atoms with Crippen LogP contribution in [0.25, 0.3) is 11.3 Å². The normalized spacial score (nSPS) is 10.5. The summed E-state index contributed by atoms with van der Waals surface area (Å²) in [6.07, 6.45) is 0. The number of aryl methyl sites for hydroxylation is 1. The van der Waals surface area contributed by atoms with Crippen LogP contribution in [0.3, 0.4) is 0 Å². The molecule has 1 aromatic heterocycles. The van der Waals surface area contributed by atoms with Crippen LogP contribution in [0.2, 0.25) is 0 Å². The maximum atomic E-state index is 11.3. The first kappa shape index (κ1) is 9.58. The van der Waals surface area contributed by atoms with E-state index in [-0.39, 0.29) is 11.4 Å². The Labute approximate surface area is 86.3 Å². The Morgan fingerprint density at radius 1 is 1.27 bits per heavy atom. The third-order valence-electron chi connectivity index (χ3n) is 2.34. The lowest BCUT2D eigenvalue weighted by Gasteiger charge is -2.02. The third-order valence-corrected chi connectivity index (χ3v) is 2.34. The Hall–Kier alpha value is -1.97. The Balaban J connectivity index is 2.63. The second-order valence-electron chi connectivity index (χ2n) is 3.40. The van der Waals surface area contributed by atoms with Crippen molar-refractivity contribution in [3.05, 3.63) is 40.2 Å². The van der Waals surface area contributed by atoms with Gasteiger partial charge in [0, 0.05) is 12.6 Å². The summed E-state index contributed by atoms with van der Waals surface area (Å²) in [6.45, 7) is 1.72. The molecule has 1 heterocycles. The smallest absolute Gasteiger partial charge is 0.361 e. The lowest BCUT2D eigenvalue weighted by atomic mass is 10.1. The van der Waals surface area contributed by atoms with E-state index in [4.69, 9.17) is 9.63 Å². The maximum absolute atomic E-state index is 11.3. The molecular weight excluding hydrogens is 194 g/mol. The van der Waals surface area contributed by atoms with Gasteiger partial charge in [-0.25, -0.2) is 9.53 Å². The van der Waals surface area contributed by atoms with Gasteiger partial charge in [0.05, 0.1) is 11.3 Å². The molecule has 0 atom stereocenters. The number of nitrogens with zero attached hydrogens (tertiary/aromatic N) is 1. The van der Waals surface area contributed by atoms with E-state index < -0.39 is 0 Å². The van der Waals surface area contributed by atoms with Crippen LogP contribution < -0.4 is 5.63 Å². The summed E-state index contributed by atoms with van der Waals surface area (Å²) in [5, 5.41) is 9.16. The van der Waals surface area contributed by atoms with Gasteiger partial charge in [-0.1, -0.05) is 0 Å². The monoisotopic (exact) mass is 205 g/mol. The number of aromatic nitrogens is 1. The molecule has 15 heavy (non-hydrogen) atoms. The fourth-order valence-electron chi connectivity index (χ4n) is 1.59. The standard InChI is InChI=1S/C11H11NO3/c1-7-10(12(2)15-11(7)14)8-3-5-9(13)6-4-8/h3-6,13H,1-2H3. The quantitative estimate of drug-likeness (QED) is 0.770. The second-order valence-corrected chi connectivity index (χ2v) is 3.40. The van der Waals surface area contributed by atoms with E-state index in [1.54, 1.807) is 38.2 Å². The minimum Gasteiger partial charge on any atom is -0.508 e. The molecule has 0 saturated heterocycles. The summed E-state index contributed by atoms with van der Waals surface area (Å²) in [7, 11) is 1.68. The van der Waals surface area contributed by atoms with E-state index in [1.807, 2.05) is 0 Å². The summed E-state index contributed by atoms with van der Waals surface area (Å²) in [4.78, 5) is 11.3. The van der Waals surface area contributed by atoms with Crippen LogP contribution in [0, 0.1) is 6.92 Å². The molecule has 0 bridgehead atoms. The van der Waals surface area contributed by atoms with Crippen LogP contribution in [0.5, 0.6) is 5.75 Å². The number of phenolic OH excluding ortho intramolecular Hbond substituents is 1. The highest BCUT2D eigenvalue weighted by Gasteiger charge is 2.12. The number of hydrogen-bond acceptors (Lipinski definition) is 3. The van der Waals surface area contributed by atoms with Crippen molar-refractivity contribution < 1.29 is 9.63 Å². The first-order valence-electron chi connectivity index (χ1n) is 4.56. The SMILES string of the molecule is Cc1c(-c2ccc(O)cc2)n(C)oc1=O. The summed E-state index contributed by atoms with van der Waals surface area (Å²) < 4.78 is 6.36. The van der Waals surface area contributed by atoms with Crippen molar-refractivity contribution in [1.82, 2.24) is 4.74 Å².